The Morgan fingerprint density at radius 1 is 1.00 bits per heavy atom. The number of unbranched alkanes of at least 4 members (excludes halogenated alkanes) is 3. The zero-order valence-corrected chi connectivity index (χ0v) is 17.9. The largest absolute Gasteiger partial charge is 0.493 e. The van der Waals surface area contributed by atoms with E-state index in [1.54, 1.807) is 36.3 Å². The van der Waals surface area contributed by atoms with E-state index in [9.17, 15) is 9.18 Å². The summed E-state index contributed by atoms with van der Waals surface area (Å²) in [6, 6.07) is 12.1. The predicted molar refractivity (Wildman–Crippen MR) is 117 cm³/mol. The molecule has 0 aromatic heterocycles. The van der Waals surface area contributed by atoms with Crippen LogP contribution in [0.4, 0.5) is 10.1 Å². The van der Waals surface area contributed by atoms with Crippen LogP contribution in [0, 0.1) is 5.82 Å². The lowest BCUT2D eigenvalue weighted by Gasteiger charge is -2.36. The summed E-state index contributed by atoms with van der Waals surface area (Å²) in [5, 5.41) is 0. The molecule has 30 heavy (non-hydrogen) atoms. The lowest BCUT2D eigenvalue weighted by atomic mass is 10.1. The molecular formula is C24H31FN2O3. The van der Waals surface area contributed by atoms with Crippen molar-refractivity contribution in [3.8, 4) is 11.5 Å². The van der Waals surface area contributed by atoms with E-state index in [0.717, 1.165) is 12.8 Å². The lowest BCUT2D eigenvalue weighted by Crippen LogP contribution is -2.49. The van der Waals surface area contributed by atoms with Crippen molar-refractivity contribution in [2.24, 2.45) is 0 Å². The molecule has 0 atom stereocenters. The Morgan fingerprint density at radius 3 is 2.47 bits per heavy atom. The number of anilines is 1. The molecule has 162 valence electrons. The van der Waals surface area contributed by atoms with Crippen molar-refractivity contribution in [1.82, 2.24) is 4.90 Å². The van der Waals surface area contributed by atoms with Gasteiger partial charge in [0.15, 0.2) is 11.5 Å². The Balaban J connectivity index is 1.58. The van der Waals surface area contributed by atoms with E-state index < -0.39 is 0 Å². The second-order valence-corrected chi connectivity index (χ2v) is 7.51. The van der Waals surface area contributed by atoms with Gasteiger partial charge >= 0.3 is 0 Å². The van der Waals surface area contributed by atoms with E-state index in [2.05, 4.69) is 6.92 Å². The van der Waals surface area contributed by atoms with Gasteiger partial charge in [0.2, 0.25) is 0 Å². The summed E-state index contributed by atoms with van der Waals surface area (Å²) in [6.45, 7) is 5.11. The third-order valence-electron chi connectivity index (χ3n) is 5.43. The van der Waals surface area contributed by atoms with Gasteiger partial charge in [-0.25, -0.2) is 4.39 Å². The number of benzene rings is 2. The van der Waals surface area contributed by atoms with Crippen LogP contribution in [0.5, 0.6) is 11.5 Å². The average molecular weight is 415 g/mol. The molecule has 2 aromatic rings. The molecule has 1 heterocycles. The lowest BCUT2D eigenvalue weighted by molar-refractivity contribution is 0.0746. The van der Waals surface area contributed by atoms with E-state index in [0.29, 0.717) is 55.5 Å². The molecule has 1 aliphatic rings. The minimum Gasteiger partial charge on any atom is -0.493 e. The van der Waals surface area contributed by atoms with E-state index in [-0.39, 0.29) is 11.7 Å². The highest BCUT2D eigenvalue weighted by molar-refractivity contribution is 5.95. The van der Waals surface area contributed by atoms with Crippen LogP contribution in [-0.2, 0) is 0 Å². The maximum Gasteiger partial charge on any atom is 0.254 e. The number of halogens is 1. The fraction of sp³-hybridized carbons (Fsp3) is 0.458. The number of amides is 1. The topological polar surface area (TPSA) is 42.0 Å². The number of carbonyl (C=O) groups excluding carboxylic acids is 1. The SMILES string of the molecule is CCCCCCOc1ccc(C(=O)N2CCN(c3ccccc3F)CC2)cc1OC. The quantitative estimate of drug-likeness (QED) is 0.555. The van der Waals surface area contributed by atoms with Gasteiger partial charge in [-0.3, -0.25) is 4.79 Å². The summed E-state index contributed by atoms with van der Waals surface area (Å²) in [6.07, 6.45) is 4.55. The molecule has 5 nitrogen and oxygen atoms in total. The molecule has 0 unspecified atom stereocenters. The monoisotopic (exact) mass is 414 g/mol. The molecule has 1 fully saturated rings. The van der Waals surface area contributed by atoms with Crippen molar-refractivity contribution in [3.63, 3.8) is 0 Å². The van der Waals surface area contributed by atoms with Crippen LogP contribution in [0.3, 0.4) is 0 Å². The van der Waals surface area contributed by atoms with Crippen molar-refractivity contribution in [2.45, 2.75) is 32.6 Å². The fourth-order valence-electron chi connectivity index (χ4n) is 3.67. The first-order chi connectivity index (χ1) is 14.6. The Hall–Kier alpha value is -2.76. The number of para-hydroxylation sites is 1. The highest BCUT2D eigenvalue weighted by Crippen LogP contribution is 2.29. The minimum atomic E-state index is -0.229. The molecule has 1 amide bonds. The molecular weight excluding hydrogens is 383 g/mol. The number of hydrogen-bond donors (Lipinski definition) is 0. The standard InChI is InChI=1S/C24H31FN2O3/c1-3-4-5-8-17-30-22-12-11-19(18-23(22)29-2)24(28)27-15-13-26(14-16-27)21-10-7-6-9-20(21)25/h6-7,9-12,18H,3-5,8,13-17H2,1-2H3. The van der Waals surface area contributed by atoms with Gasteiger partial charge in [0.05, 0.1) is 19.4 Å². The van der Waals surface area contributed by atoms with Gasteiger partial charge in [-0.2, -0.15) is 0 Å². The number of rotatable bonds is 9. The minimum absolute atomic E-state index is 0.0454. The Kier molecular flexibility index (Phi) is 7.94. The van der Waals surface area contributed by atoms with Gasteiger partial charge in [-0.15, -0.1) is 0 Å². The molecule has 0 spiro atoms. The first-order valence-electron chi connectivity index (χ1n) is 10.7. The molecule has 2 aromatic carbocycles. The van der Waals surface area contributed by atoms with Crippen LogP contribution in [0.25, 0.3) is 0 Å². The molecule has 1 aliphatic heterocycles. The van der Waals surface area contributed by atoms with Gasteiger partial charge in [0, 0.05) is 31.7 Å². The van der Waals surface area contributed by atoms with Crippen LogP contribution in [0.2, 0.25) is 0 Å². The highest BCUT2D eigenvalue weighted by Gasteiger charge is 2.24. The van der Waals surface area contributed by atoms with Crippen LogP contribution < -0.4 is 14.4 Å². The molecule has 0 bridgehead atoms. The van der Waals surface area contributed by atoms with E-state index in [1.807, 2.05) is 17.0 Å². The van der Waals surface area contributed by atoms with E-state index in [4.69, 9.17) is 9.47 Å². The summed E-state index contributed by atoms with van der Waals surface area (Å²) in [7, 11) is 1.58. The van der Waals surface area contributed by atoms with E-state index in [1.165, 1.54) is 18.9 Å². The molecule has 0 radical (unpaired) electrons. The molecule has 6 heteroatoms. The summed E-state index contributed by atoms with van der Waals surface area (Å²) in [4.78, 5) is 16.7. The van der Waals surface area contributed by atoms with Crippen LogP contribution >= 0.6 is 0 Å². The Bertz CT molecular complexity index is 835. The van der Waals surface area contributed by atoms with Gasteiger partial charge < -0.3 is 19.3 Å². The Morgan fingerprint density at radius 2 is 1.77 bits per heavy atom. The van der Waals surface area contributed by atoms with Crippen molar-refractivity contribution in [2.75, 3.05) is 44.8 Å². The predicted octanol–water partition coefficient (Wildman–Crippen LogP) is 4.76. The van der Waals surface area contributed by atoms with Crippen molar-refractivity contribution in [3.05, 3.63) is 53.8 Å². The van der Waals surface area contributed by atoms with Gasteiger partial charge in [0.1, 0.15) is 5.82 Å². The van der Waals surface area contributed by atoms with Crippen molar-refractivity contribution >= 4 is 11.6 Å². The van der Waals surface area contributed by atoms with E-state index >= 15 is 0 Å². The number of hydrogen-bond acceptors (Lipinski definition) is 4. The number of methoxy groups -OCH3 is 1. The summed E-state index contributed by atoms with van der Waals surface area (Å²) in [5.74, 6) is 0.958. The average Bonchev–Trinajstić information content (AvgIpc) is 2.79. The van der Waals surface area contributed by atoms with Gasteiger partial charge in [-0.1, -0.05) is 38.3 Å². The Labute approximate surface area is 178 Å². The van der Waals surface area contributed by atoms with Crippen LogP contribution in [-0.4, -0.2) is 50.7 Å². The fourth-order valence-corrected chi connectivity index (χ4v) is 3.67. The summed E-state index contributed by atoms with van der Waals surface area (Å²) < 4.78 is 25.3. The number of ether oxygens (including phenoxy) is 2. The zero-order valence-electron chi connectivity index (χ0n) is 17.9. The zero-order chi connectivity index (χ0) is 21.3. The van der Waals surface area contributed by atoms with Crippen molar-refractivity contribution < 1.29 is 18.7 Å². The van der Waals surface area contributed by atoms with Crippen LogP contribution in [0.1, 0.15) is 43.0 Å². The summed E-state index contributed by atoms with van der Waals surface area (Å²) in [5.41, 5.74) is 1.16. The normalized spacial score (nSPS) is 14.0. The van der Waals surface area contributed by atoms with Gasteiger partial charge in [-0.05, 0) is 36.8 Å². The maximum atomic E-state index is 14.0. The third kappa shape index (κ3) is 5.43. The molecule has 0 N–H and O–H groups in total. The first kappa shape index (κ1) is 21.9. The number of nitrogens with zero attached hydrogens (tertiary/aromatic N) is 2. The second kappa shape index (κ2) is 10.9. The van der Waals surface area contributed by atoms with Crippen molar-refractivity contribution in [1.29, 1.82) is 0 Å². The number of carbonyl (C=O) groups is 1. The molecule has 1 saturated heterocycles. The maximum absolute atomic E-state index is 14.0. The summed E-state index contributed by atoms with van der Waals surface area (Å²) >= 11 is 0. The number of piperazine rings is 1. The first-order valence-corrected chi connectivity index (χ1v) is 10.7. The smallest absolute Gasteiger partial charge is 0.254 e. The third-order valence-corrected chi connectivity index (χ3v) is 5.43. The van der Waals surface area contributed by atoms with Gasteiger partial charge in [0.25, 0.3) is 5.91 Å². The molecule has 3 rings (SSSR count). The molecule has 0 aliphatic carbocycles. The second-order valence-electron chi connectivity index (χ2n) is 7.51. The highest BCUT2D eigenvalue weighted by atomic mass is 19.1. The molecule has 0 saturated carbocycles. The van der Waals surface area contributed by atoms with Crippen LogP contribution in [0.15, 0.2) is 42.5 Å².